The highest BCUT2D eigenvalue weighted by atomic mass is 16.5. The van der Waals surface area contributed by atoms with Crippen molar-refractivity contribution in [1.29, 1.82) is 0 Å². The molecule has 18 heavy (non-hydrogen) atoms. The van der Waals surface area contributed by atoms with E-state index in [1.807, 2.05) is 0 Å². The van der Waals surface area contributed by atoms with Gasteiger partial charge in [-0.05, 0) is 38.6 Å². The van der Waals surface area contributed by atoms with Crippen LogP contribution in [-0.4, -0.2) is 43.5 Å². The van der Waals surface area contributed by atoms with Crippen LogP contribution in [0, 0.1) is 5.92 Å². The van der Waals surface area contributed by atoms with Crippen molar-refractivity contribution in [3.63, 3.8) is 0 Å². The lowest BCUT2D eigenvalue weighted by atomic mass is 9.79. The Bertz CT molecular complexity index is 267. The fraction of sp³-hybridized carbons (Fsp3) is 0.933. The van der Waals surface area contributed by atoms with Crippen molar-refractivity contribution in [1.82, 2.24) is 4.90 Å². The van der Waals surface area contributed by atoms with Gasteiger partial charge in [0.25, 0.3) is 0 Å². The molecule has 2 rings (SSSR count). The summed E-state index contributed by atoms with van der Waals surface area (Å²) >= 11 is 0. The summed E-state index contributed by atoms with van der Waals surface area (Å²) in [4.78, 5) is 14.7. The molecule has 0 aromatic heterocycles. The predicted molar refractivity (Wildman–Crippen MR) is 72.7 cm³/mol. The van der Waals surface area contributed by atoms with Crippen LogP contribution in [0.3, 0.4) is 0 Å². The van der Waals surface area contributed by atoms with Gasteiger partial charge in [-0.2, -0.15) is 0 Å². The summed E-state index contributed by atoms with van der Waals surface area (Å²) in [5.41, 5.74) is 0. The van der Waals surface area contributed by atoms with E-state index in [1.165, 1.54) is 32.2 Å². The molecule has 0 aromatic carbocycles. The molecule has 0 bridgehead atoms. The van der Waals surface area contributed by atoms with Crippen LogP contribution < -0.4 is 0 Å². The summed E-state index contributed by atoms with van der Waals surface area (Å²) in [6, 6.07) is 0.531. The van der Waals surface area contributed by atoms with Crippen LogP contribution >= 0.6 is 0 Å². The zero-order valence-corrected chi connectivity index (χ0v) is 11.7. The van der Waals surface area contributed by atoms with Crippen LogP contribution in [0.1, 0.15) is 51.4 Å². The number of carbonyl (C=O) groups excluding carboxylic acids is 1. The second-order valence-electron chi connectivity index (χ2n) is 5.76. The molecule has 0 amide bonds. The van der Waals surface area contributed by atoms with Gasteiger partial charge in [0.15, 0.2) is 0 Å². The number of hydrogen-bond acceptors (Lipinski definition) is 3. The fourth-order valence-electron chi connectivity index (χ4n) is 3.58. The van der Waals surface area contributed by atoms with Crippen molar-refractivity contribution < 1.29 is 9.53 Å². The molecule has 3 nitrogen and oxygen atoms in total. The van der Waals surface area contributed by atoms with E-state index < -0.39 is 0 Å². The highest BCUT2D eigenvalue weighted by Gasteiger charge is 2.34. The second-order valence-corrected chi connectivity index (χ2v) is 5.76. The molecule has 1 aliphatic carbocycles. The Hall–Kier alpha value is -0.410. The molecule has 2 aliphatic rings. The van der Waals surface area contributed by atoms with Crippen LogP contribution in [0.25, 0.3) is 0 Å². The molecular formula is C15H27NO2. The molecule has 1 saturated carbocycles. The van der Waals surface area contributed by atoms with E-state index in [9.17, 15) is 4.79 Å². The number of carbonyl (C=O) groups is 1. The van der Waals surface area contributed by atoms with E-state index in [-0.39, 0.29) is 0 Å². The lowest BCUT2D eigenvalue weighted by molar-refractivity contribution is -0.127. The molecule has 0 spiro atoms. The Morgan fingerprint density at radius 3 is 2.83 bits per heavy atom. The smallest absolute Gasteiger partial charge is 0.137 e. The summed E-state index contributed by atoms with van der Waals surface area (Å²) in [5, 5.41) is 0. The number of ketones is 1. The number of methoxy groups -OCH3 is 1. The molecular weight excluding hydrogens is 226 g/mol. The zero-order chi connectivity index (χ0) is 12.8. The van der Waals surface area contributed by atoms with Gasteiger partial charge in [0.05, 0.1) is 0 Å². The number of likely N-dealkylation sites (tertiary alicyclic amines) is 1. The SMILES string of the molecule is COCCCN1CCCCC1C1CCCCC1=O. The minimum absolute atomic E-state index is 0.335. The first-order valence-corrected chi connectivity index (χ1v) is 7.58. The van der Waals surface area contributed by atoms with Gasteiger partial charge in [-0.1, -0.05) is 12.8 Å². The third-order valence-corrected chi connectivity index (χ3v) is 4.52. The van der Waals surface area contributed by atoms with E-state index in [0.29, 0.717) is 17.7 Å². The van der Waals surface area contributed by atoms with Gasteiger partial charge < -0.3 is 4.74 Å². The average Bonchev–Trinajstić information content (AvgIpc) is 2.40. The predicted octanol–water partition coefficient (Wildman–Crippen LogP) is 2.64. The molecule has 2 fully saturated rings. The number of hydrogen-bond donors (Lipinski definition) is 0. The normalized spacial score (nSPS) is 30.6. The van der Waals surface area contributed by atoms with E-state index in [4.69, 9.17) is 4.74 Å². The third-order valence-electron chi connectivity index (χ3n) is 4.52. The van der Waals surface area contributed by atoms with Crippen molar-refractivity contribution in [2.75, 3.05) is 26.8 Å². The first kappa shape index (κ1) is 14.0. The van der Waals surface area contributed by atoms with Crippen LogP contribution in [0.2, 0.25) is 0 Å². The van der Waals surface area contributed by atoms with Gasteiger partial charge in [-0.3, -0.25) is 9.69 Å². The molecule has 0 radical (unpaired) electrons. The quantitative estimate of drug-likeness (QED) is 0.705. The zero-order valence-electron chi connectivity index (χ0n) is 11.7. The second kappa shape index (κ2) is 7.25. The van der Waals surface area contributed by atoms with Gasteiger partial charge in [0, 0.05) is 38.6 Å². The highest BCUT2D eigenvalue weighted by Crippen LogP contribution is 2.31. The van der Waals surface area contributed by atoms with Crippen molar-refractivity contribution in [2.45, 2.75) is 57.4 Å². The van der Waals surface area contributed by atoms with Gasteiger partial charge in [0.2, 0.25) is 0 Å². The topological polar surface area (TPSA) is 29.5 Å². The molecule has 104 valence electrons. The molecule has 1 heterocycles. The van der Waals surface area contributed by atoms with Crippen LogP contribution in [0.5, 0.6) is 0 Å². The molecule has 1 aliphatic heterocycles. The Morgan fingerprint density at radius 2 is 2.06 bits per heavy atom. The maximum atomic E-state index is 12.1. The monoisotopic (exact) mass is 253 g/mol. The Labute approximate surface area is 111 Å². The molecule has 0 aromatic rings. The Balaban J connectivity index is 1.91. The van der Waals surface area contributed by atoms with Crippen LogP contribution in [0.15, 0.2) is 0 Å². The third kappa shape index (κ3) is 3.55. The molecule has 1 saturated heterocycles. The highest BCUT2D eigenvalue weighted by molar-refractivity contribution is 5.82. The van der Waals surface area contributed by atoms with Crippen LogP contribution in [0.4, 0.5) is 0 Å². The standard InChI is InChI=1S/C15H27NO2/c1-18-12-6-11-16-10-5-4-8-14(16)13-7-2-3-9-15(13)17/h13-14H,2-12H2,1H3. The number of piperidine rings is 1. The van der Waals surface area contributed by atoms with E-state index in [2.05, 4.69) is 4.90 Å². The van der Waals surface area contributed by atoms with E-state index >= 15 is 0 Å². The lowest BCUT2D eigenvalue weighted by Crippen LogP contribution is -2.47. The largest absolute Gasteiger partial charge is 0.385 e. The van der Waals surface area contributed by atoms with Crippen molar-refractivity contribution in [3.8, 4) is 0 Å². The molecule has 3 heteroatoms. The van der Waals surface area contributed by atoms with Gasteiger partial charge in [-0.15, -0.1) is 0 Å². The fourth-order valence-corrected chi connectivity index (χ4v) is 3.58. The average molecular weight is 253 g/mol. The molecule has 2 unspecified atom stereocenters. The first-order valence-electron chi connectivity index (χ1n) is 7.58. The Morgan fingerprint density at radius 1 is 1.22 bits per heavy atom. The summed E-state index contributed by atoms with van der Waals surface area (Å²) in [7, 11) is 1.76. The van der Waals surface area contributed by atoms with Crippen molar-refractivity contribution >= 4 is 5.78 Å². The van der Waals surface area contributed by atoms with Crippen molar-refractivity contribution in [3.05, 3.63) is 0 Å². The van der Waals surface area contributed by atoms with Gasteiger partial charge in [0.1, 0.15) is 5.78 Å². The number of rotatable bonds is 5. The summed E-state index contributed by atoms with van der Waals surface area (Å²) < 4.78 is 5.14. The number of Topliss-reactive ketones (excluding diaryl/α,β-unsaturated/α-hetero) is 1. The molecule has 0 N–H and O–H groups in total. The summed E-state index contributed by atoms with van der Waals surface area (Å²) in [6.07, 6.45) is 9.23. The van der Waals surface area contributed by atoms with Gasteiger partial charge >= 0.3 is 0 Å². The minimum Gasteiger partial charge on any atom is -0.385 e. The van der Waals surface area contributed by atoms with E-state index in [1.54, 1.807) is 7.11 Å². The summed E-state index contributed by atoms with van der Waals surface area (Å²) in [5.74, 6) is 0.867. The summed E-state index contributed by atoms with van der Waals surface area (Å²) in [6.45, 7) is 3.11. The number of ether oxygens (including phenoxy) is 1. The number of nitrogens with zero attached hydrogens (tertiary/aromatic N) is 1. The first-order chi connectivity index (χ1) is 8.83. The maximum Gasteiger partial charge on any atom is 0.137 e. The van der Waals surface area contributed by atoms with E-state index in [0.717, 1.165) is 38.8 Å². The lowest BCUT2D eigenvalue weighted by Gasteiger charge is -2.41. The van der Waals surface area contributed by atoms with Gasteiger partial charge in [-0.25, -0.2) is 0 Å². The van der Waals surface area contributed by atoms with Crippen LogP contribution in [-0.2, 0) is 9.53 Å². The maximum absolute atomic E-state index is 12.1. The van der Waals surface area contributed by atoms with Crippen molar-refractivity contribution in [2.24, 2.45) is 5.92 Å². The minimum atomic E-state index is 0.335. The Kier molecular flexibility index (Phi) is 5.64. The molecule has 2 atom stereocenters.